The molecule has 0 saturated carbocycles. The van der Waals surface area contributed by atoms with Crippen molar-refractivity contribution in [2.24, 2.45) is 0 Å². The lowest BCUT2D eigenvalue weighted by Crippen LogP contribution is -2.35. The van der Waals surface area contributed by atoms with E-state index in [0.29, 0.717) is 12.1 Å². The van der Waals surface area contributed by atoms with E-state index < -0.39 is 10.0 Å². The van der Waals surface area contributed by atoms with E-state index in [9.17, 15) is 8.42 Å². The second-order valence-electron chi connectivity index (χ2n) is 5.03. The van der Waals surface area contributed by atoms with Crippen LogP contribution in [0.1, 0.15) is 12.5 Å². The average Bonchev–Trinajstić information content (AvgIpc) is 2.78. The monoisotopic (exact) mass is 341 g/mol. The SMILES string of the molecule is CC1Cc2ccccc2N1S(=O)(=O)c1cccc(Cl)c1Cl. The molecule has 0 amide bonds. The lowest BCUT2D eigenvalue weighted by Gasteiger charge is -2.25. The zero-order valence-corrected chi connectivity index (χ0v) is 13.6. The van der Waals surface area contributed by atoms with Gasteiger partial charge in [0.1, 0.15) is 4.90 Å². The van der Waals surface area contributed by atoms with E-state index in [4.69, 9.17) is 23.2 Å². The minimum Gasteiger partial charge on any atom is -0.263 e. The minimum absolute atomic E-state index is 0.0419. The molecule has 0 aromatic heterocycles. The van der Waals surface area contributed by atoms with Gasteiger partial charge in [-0.2, -0.15) is 0 Å². The molecule has 0 radical (unpaired) electrons. The fraction of sp³-hybridized carbons (Fsp3) is 0.200. The van der Waals surface area contributed by atoms with Crippen molar-refractivity contribution in [3.8, 4) is 0 Å². The lowest BCUT2D eigenvalue weighted by atomic mass is 10.1. The predicted molar refractivity (Wildman–Crippen MR) is 85.7 cm³/mol. The molecule has 1 aliphatic heterocycles. The smallest absolute Gasteiger partial charge is 0.263 e. The first-order valence-corrected chi connectivity index (χ1v) is 8.69. The Morgan fingerprint density at radius 3 is 2.57 bits per heavy atom. The molecule has 1 atom stereocenters. The maximum Gasteiger partial charge on any atom is 0.266 e. The highest BCUT2D eigenvalue weighted by molar-refractivity contribution is 7.93. The van der Waals surface area contributed by atoms with Gasteiger partial charge in [-0.15, -0.1) is 0 Å². The molecule has 6 heteroatoms. The average molecular weight is 342 g/mol. The van der Waals surface area contributed by atoms with E-state index in [2.05, 4.69) is 0 Å². The number of hydrogen-bond donors (Lipinski definition) is 0. The summed E-state index contributed by atoms with van der Waals surface area (Å²) in [6.07, 6.45) is 0.688. The fourth-order valence-electron chi connectivity index (χ4n) is 2.69. The van der Waals surface area contributed by atoms with Gasteiger partial charge in [0.25, 0.3) is 10.0 Å². The van der Waals surface area contributed by atoms with Crippen LogP contribution in [0.15, 0.2) is 47.4 Å². The summed E-state index contributed by atoms with van der Waals surface area (Å²) in [5.74, 6) is 0. The van der Waals surface area contributed by atoms with Gasteiger partial charge in [0, 0.05) is 6.04 Å². The van der Waals surface area contributed by atoms with Crippen molar-refractivity contribution in [2.75, 3.05) is 4.31 Å². The first-order valence-electron chi connectivity index (χ1n) is 6.49. The highest BCUT2D eigenvalue weighted by Gasteiger charge is 2.37. The molecule has 1 heterocycles. The molecular weight excluding hydrogens is 329 g/mol. The molecule has 2 aromatic rings. The number of benzene rings is 2. The standard InChI is InChI=1S/C15H13Cl2NO2S/c1-10-9-11-5-2-3-7-13(11)18(10)21(19,20)14-8-4-6-12(16)15(14)17/h2-8,10H,9H2,1H3. The van der Waals surface area contributed by atoms with Crippen LogP contribution in [0.5, 0.6) is 0 Å². The molecular formula is C15H13Cl2NO2S. The Morgan fingerprint density at radius 1 is 1.10 bits per heavy atom. The van der Waals surface area contributed by atoms with E-state index in [0.717, 1.165) is 5.56 Å². The van der Waals surface area contributed by atoms with Gasteiger partial charge in [0.05, 0.1) is 15.7 Å². The van der Waals surface area contributed by atoms with Crippen molar-refractivity contribution in [3.05, 3.63) is 58.1 Å². The van der Waals surface area contributed by atoms with Gasteiger partial charge in [0.2, 0.25) is 0 Å². The highest BCUT2D eigenvalue weighted by Crippen LogP contribution is 2.39. The molecule has 2 aromatic carbocycles. The summed E-state index contributed by atoms with van der Waals surface area (Å²) in [7, 11) is -3.74. The molecule has 0 fully saturated rings. The van der Waals surface area contributed by atoms with Gasteiger partial charge in [-0.1, -0.05) is 47.5 Å². The van der Waals surface area contributed by atoms with Gasteiger partial charge in [0.15, 0.2) is 0 Å². The molecule has 0 saturated heterocycles. The van der Waals surface area contributed by atoms with Gasteiger partial charge in [-0.05, 0) is 37.1 Å². The zero-order valence-electron chi connectivity index (χ0n) is 11.3. The third-order valence-corrected chi connectivity index (χ3v) is 6.50. The van der Waals surface area contributed by atoms with Crippen molar-refractivity contribution < 1.29 is 8.42 Å². The van der Waals surface area contributed by atoms with Crippen LogP contribution >= 0.6 is 23.2 Å². The van der Waals surface area contributed by atoms with Gasteiger partial charge >= 0.3 is 0 Å². The Bertz CT molecular complexity index is 805. The number of rotatable bonds is 2. The van der Waals surface area contributed by atoms with Crippen molar-refractivity contribution in [2.45, 2.75) is 24.3 Å². The summed E-state index contributed by atoms with van der Waals surface area (Å²) >= 11 is 12.0. The summed E-state index contributed by atoms with van der Waals surface area (Å²) in [6.45, 7) is 1.88. The van der Waals surface area contributed by atoms with Crippen LogP contribution in [0.25, 0.3) is 0 Å². The summed E-state index contributed by atoms with van der Waals surface area (Å²) in [6, 6.07) is 12.0. The molecule has 0 aliphatic carbocycles. The topological polar surface area (TPSA) is 37.4 Å². The molecule has 110 valence electrons. The Morgan fingerprint density at radius 2 is 1.81 bits per heavy atom. The van der Waals surface area contributed by atoms with Gasteiger partial charge < -0.3 is 0 Å². The van der Waals surface area contributed by atoms with Gasteiger partial charge in [-0.3, -0.25) is 4.31 Å². The van der Waals surface area contributed by atoms with Crippen LogP contribution < -0.4 is 4.31 Å². The number of hydrogen-bond acceptors (Lipinski definition) is 2. The number of sulfonamides is 1. The Labute approximate surface area is 134 Å². The molecule has 3 nitrogen and oxygen atoms in total. The number of fused-ring (bicyclic) bond motifs is 1. The molecule has 0 spiro atoms. The van der Waals surface area contributed by atoms with E-state index in [-0.39, 0.29) is 21.0 Å². The normalized spacial score (nSPS) is 17.9. The van der Waals surface area contributed by atoms with E-state index in [1.807, 2.05) is 31.2 Å². The maximum atomic E-state index is 13.0. The molecule has 0 bridgehead atoms. The fourth-order valence-corrected chi connectivity index (χ4v) is 5.13. The van der Waals surface area contributed by atoms with E-state index in [1.165, 1.54) is 10.4 Å². The summed E-state index contributed by atoms with van der Waals surface area (Å²) < 4.78 is 27.4. The number of halogens is 2. The first kappa shape index (κ1) is 14.7. The predicted octanol–water partition coefficient (Wildman–Crippen LogP) is 4.13. The third kappa shape index (κ3) is 2.31. The molecule has 3 rings (SSSR count). The van der Waals surface area contributed by atoms with Crippen molar-refractivity contribution in [1.82, 2.24) is 0 Å². The second kappa shape index (κ2) is 5.20. The largest absolute Gasteiger partial charge is 0.266 e. The van der Waals surface area contributed by atoms with Crippen molar-refractivity contribution in [1.29, 1.82) is 0 Å². The quantitative estimate of drug-likeness (QED) is 0.823. The highest BCUT2D eigenvalue weighted by atomic mass is 35.5. The van der Waals surface area contributed by atoms with E-state index >= 15 is 0 Å². The van der Waals surface area contributed by atoms with Crippen LogP contribution in [-0.4, -0.2) is 14.5 Å². The molecule has 0 N–H and O–H groups in total. The molecule has 1 aliphatic rings. The summed E-state index contributed by atoms with van der Waals surface area (Å²) in [5, 5.41) is 0.300. The number of para-hydroxylation sites is 1. The van der Waals surface area contributed by atoms with E-state index in [1.54, 1.807) is 12.1 Å². The summed E-state index contributed by atoms with van der Waals surface area (Å²) in [5.41, 5.74) is 1.73. The van der Waals surface area contributed by atoms with Crippen molar-refractivity contribution >= 4 is 38.9 Å². The van der Waals surface area contributed by atoms with Crippen LogP contribution in [0, 0.1) is 0 Å². The number of nitrogens with zero attached hydrogens (tertiary/aromatic N) is 1. The molecule has 21 heavy (non-hydrogen) atoms. The summed E-state index contributed by atoms with van der Waals surface area (Å²) in [4.78, 5) is 0.0419. The third-order valence-electron chi connectivity index (χ3n) is 3.60. The van der Waals surface area contributed by atoms with Crippen LogP contribution in [-0.2, 0) is 16.4 Å². The van der Waals surface area contributed by atoms with Gasteiger partial charge in [-0.25, -0.2) is 8.42 Å². The maximum absolute atomic E-state index is 13.0. The van der Waals surface area contributed by atoms with Crippen LogP contribution in [0.4, 0.5) is 5.69 Å². The Hall–Kier alpha value is -1.23. The first-order chi connectivity index (χ1) is 9.93. The Balaban J connectivity index is 2.17. The minimum atomic E-state index is -3.74. The number of anilines is 1. The van der Waals surface area contributed by atoms with Crippen LogP contribution in [0.2, 0.25) is 10.0 Å². The molecule has 1 unspecified atom stereocenters. The second-order valence-corrected chi connectivity index (χ2v) is 7.60. The zero-order chi connectivity index (χ0) is 15.2. The van der Waals surface area contributed by atoms with Crippen molar-refractivity contribution in [3.63, 3.8) is 0 Å². The Kier molecular flexibility index (Phi) is 3.64. The lowest BCUT2D eigenvalue weighted by molar-refractivity contribution is 0.584. The van der Waals surface area contributed by atoms with Crippen LogP contribution in [0.3, 0.4) is 0 Å².